The fraction of sp³-hybridized carbons (Fsp3) is 0.0714. The second-order valence-corrected chi connectivity index (χ2v) is 4.32. The van der Waals surface area contributed by atoms with E-state index >= 15 is 0 Å². The first-order chi connectivity index (χ1) is 8.84. The zero-order chi connectivity index (χ0) is 12.1. The molecule has 1 aliphatic carbocycles. The minimum atomic E-state index is 0.111. The summed E-state index contributed by atoms with van der Waals surface area (Å²) in [6.07, 6.45) is 5.94. The van der Waals surface area contributed by atoms with Crippen LogP contribution in [0.2, 0.25) is 0 Å². The molecule has 3 aromatic rings. The molecule has 4 rings (SSSR count). The van der Waals surface area contributed by atoms with E-state index in [1.807, 2.05) is 40.8 Å². The summed E-state index contributed by atoms with van der Waals surface area (Å²) >= 11 is 0. The summed E-state index contributed by atoms with van der Waals surface area (Å²) < 4.78 is 1.94. The average Bonchev–Trinajstić information content (AvgIpc) is 2.77. The van der Waals surface area contributed by atoms with Crippen molar-refractivity contribution in [1.29, 1.82) is 0 Å². The van der Waals surface area contributed by atoms with E-state index in [-0.39, 0.29) is 5.78 Å². The van der Waals surface area contributed by atoms with Gasteiger partial charge in [0, 0.05) is 12.6 Å². The first-order valence-electron chi connectivity index (χ1n) is 5.80. The number of imidazole rings is 1. The van der Waals surface area contributed by atoms with Crippen molar-refractivity contribution in [3.8, 4) is 0 Å². The normalized spacial score (nSPS) is 14.3. The van der Waals surface area contributed by atoms with E-state index in [0.29, 0.717) is 17.8 Å². The fourth-order valence-electron chi connectivity index (χ4n) is 2.41. The van der Waals surface area contributed by atoms with Crippen molar-refractivity contribution >= 4 is 28.7 Å². The van der Waals surface area contributed by atoms with Crippen LogP contribution in [0, 0.1) is 0 Å². The fourth-order valence-corrected chi connectivity index (χ4v) is 2.41. The molecular formula is C14H9N3O. The molecular weight excluding hydrogens is 226 g/mol. The number of fused-ring (bicyclic) bond motifs is 5. The number of ketones is 1. The number of aromatic nitrogens is 3. The number of carbonyl (C=O) groups excluding carboxylic acids is 1. The van der Waals surface area contributed by atoms with E-state index in [0.717, 1.165) is 16.7 Å². The van der Waals surface area contributed by atoms with E-state index in [4.69, 9.17) is 0 Å². The number of allylic oxidation sites excluding steroid dienone is 1. The molecule has 1 aliphatic rings. The Kier molecular flexibility index (Phi) is 1.73. The second kappa shape index (κ2) is 3.26. The SMILES string of the molecule is O=C1CC=Cc2c1cnc1nc3ccccc3n21. The van der Waals surface area contributed by atoms with Gasteiger partial charge in [0.2, 0.25) is 5.78 Å². The molecule has 2 heterocycles. The van der Waals surface area contributed by atoms with Crippen molar-refractivity contribution in [2.24, 2.45) is 0 Å². The maximum Gasteiger partial charge on any atom is 0.235 e. The van der Waals surface area contributed by atoms with Gasteiger partial charge in [-0.1, -0.05) is 18.2 Å². The number of carbonyl (C=O) groups is 1. The Morgan fingerprint density at radius 2 is 2.11 bits per heavy atom. The third kappa shape index (κ3) is 1.12. The van der Waals surface area contributed by atoms with Gasteiger partial charge in [-0.25, -0.2) is 9.97 Å². The van der Waals surface area contributed by atoms with Crippen LogP contribution in [-0.2, 0) is 0 Å². The highest BCUT2D eigenvalue weighted by molar-refractivity contribution is 6.02. The molecule has 18 heavy (non-hydrogen) atoms. The molecule has 0 saturated heterocycles. The average molecular weight is 235 g/mol. The minimum absolute atomic E-state index is 0.111. The quantitative estimate of drug-likeness (QED) is 0.601. The van der Waals surface area contributed by atoms with Gasteiger partial charge in [0.05, 0.1) is 22.3 Å². The highest BCUT2D eigenvalue weighted by Gasteiger charge is 2.18. The van der Waals surface area contributed by atoms with Crippen molar-refractivity contribution in [2.45, 2.75) is 6.42 Å². The second-order valence-electron chi connectivity index (χ2n) is 4.32. The lowest BCUT2D eigenvalue weighted by atomic mass is 10.0. The summed E-state index contributed by atoms with van der Waals surface area (Å²) in [6.45, 7) is 0. The molecule has 0 spiro atoms. The van der Waals surface area contributed by atoms with Crippen LogP contribution < -0.4 is 0 Å². The largest absolute Gasteiger partial charge is 0.294 e. The number of benzene rings is 1. The Morgan fingerprint density at radius 3 is 3.06 bits per heavy atom. The summed E-state index contributed by atoms with van der Waals surface area (Å²) in [7, 11) is 0. The van der Waals surface area contributed by atoms with Gasteiger partial charge in [0.25, 0.3) is 0 Å². The smallest absolute Gasteiger partial charge is 0.235 e. The molecule has 0 bridgehead atoms. The van der Waals surface area contributed by atoms with E-state index in [9.17, 15) is 4.79 Å². The first kappa shape index (κ1) is 9.53. The molecule has 0 saturated carbocycles. The first-order valence-corrected chi connectivity index (χ1v) is 5.80. The van der Waals surface area contributed by atoms with E-state index < -0.39 is 0 Å². The predicted octanol–water partition coefficient (Wildman–Crippen LogP) is 2.48. The summed E-state index contributed by atoms with van der Waals surface area (Å²) in [5.41, 5.74) is 3.43. The van der Waals surface area contributed by atoms with Crippen molar-refractivity contribution in [3.05, 3.63) is 47.8 Å². The number of rotatable bonds is 0. The van der Waals surface area contributed by atoms with Crippen LogP contribution in [0.5, 0.6) is 0 Å². The molecule has 86 valence electrons. The monoisotopic (exact) mass is 235 g/mol. The minimum Gasteiger partial charge on any atom is -0.294 e. The third-order valence-corrected chi connectivity index (χ3v) is 3.25. The zero-order valence-electron chi connectivity index (χ0n) is 9.50. The molecule has 0 fully saturated rings. The van der Waals surface area contributed by atoms with Crippen LogP contribution >= 0.6 is 0 Å². The van der Waals surface area contributed by atoms with Crippen LogP contribution in [0.25, 0.3) is 22.9 Å². The highest BCUT2D eigenvalue weighted by atomic mass is 16.1. The number of nitrogens with zero attached hydrogens (tertiary/aromatic N) is 3. The lowest BCUT2D eigenvalue weighted by Crippen LogP contribution is -2.09. The van der Waals surface area contributed by atoms with Gasteiger partial charge >= 0.3 is 0 Å². The lowest BCUT2D eigenvalue weighted by molar-refractivity contribution is 0.0993. The summed E-state index contributed by atoms with van der Waals surface area (Å²) in [5, 5.41) is 0. The van der Waals surface area contributed by atoms with E-state index in [1.165, 1.54) is 0 Å². The van der Waals surface area contributed by atoms with Gasteiger partial charge in [0.1, 0.15) is 0 Å². The van der Waals surface area contributed by atoms with Crippen molar-refractivity contribution in [2.75, 3.05) is 0 Å². The van der Waals surface area contributed by atoms with Crippen LogP contribution in [0.1, 0.15) is 22.5 Å². The van der Waals surface area contributed by atoms with E-state index in [2.05, 4.69) is 9.97 Å². The van der Waals surface area contributed by atoms with Crippen LogP contribution in [0.15, 0.2) is 36.5 Å². The van der Waals surface area contributed by atoms with E-state index in [1.54, 1.807) is 6.20 Å². The van der Waals surface area contributed by atoms with Gasteiger partial charge in [0.15, 0.2) is 5.78 Å². The molecule has 0 amide bonds. The molecule has 0 radical (unpaired) electrons. The Hall–Kier alpha value is -2.49. The Morgan fingerprint density at radius 1 is 1.22 bits per heavy atom. The number of hydrogen-bond donors (Lipinski definition) is 0. The van der Waals surface area contributed by atoms with Gasteiger partial charge in [-0.05, 0) is 18.2 Å². The Balaban J connectivity index is 2.26. The van der Waals surface area contributed by atoms with Crippen LogP contribution in [0.4, 0.5) is 0 Å². The van der Waals surface area contributed by atoms with Crippen molar-refractivity contribution < 1.29 is 4.79 Å². The number of Topliss-reactive ketones (excluding diaryl/α,β-unsaturated/α-hetero) is 1. The summed E-state index contributed by atoms with van der Waals surface area (Å²) in [5.74, 6) is 0.744. The van der Waals surface area contributed by atoms with Crippen LogP contribution in [0.3, 0.4) is 0 Å². The number of hydrogen-bond acceptors (Lipinski definition) is 3. The topological polar surface area (TPSA) is 47.3 Å². The number of para-hydroxylation sites is 2. The predicted molar refractivity (Wildman–Crippen MR) is 68.5 cm³/mol. The Labute approximate surface area is 103 Å². The molecule has 0 unspecified atom stereocenters. The molecule has 0 N–H and O–H groups in total. The molecule has 2 aromatic heterocycles. The maximum absolute atomic E-state index is 11.9. The maximum atomic E-state index is 11.9. The van der Waals surface area contributed by atoms with Gasteiger partial charge < -0.3 is 0 Å². The summed E-state index contributed by atoms with van der Waals surface area (Å²) in [4.78, 5) is 20.6. The molecule has 0 atom stereocenters. The van der Waals surface area contributed by atoms with Gasteiger partial charge in [-0.15, -0.1) is 0 Å². The molecule has 4 heteroatoms. The Bertz CT molecular complexity index is 830. The van der Waals surface area contributed by atoms with Crippen LogP contribution in [-0.4, -0.2) is 20.2 Å². The highest BCUT2D eigenvalue weighted by Crippen LogP contribution is 2.23. The van der Waals surface area contributed by atoms with Crippen molar-refractivity contribution in [3.63, 3.8) is 0 Å². The van der Waals surface area contributed by atoms with Gasteiger partial charge in [-0.3, -0.25) is 9.20 Å². The summed E-state index contributed by atoms with van der Waals surface area (Å²) in [6, 6.07) is 7.85. The molecule has 0 aliphatic heterocycles. The van der Waals surface area contributed by atoms with Gasteiger partial charge in [-0.2, -0.15) is 0 Å². The lowest BCUT2D eigenvalue weighted by Gasteiger charge is -2.10. The third-order valence-electron chi connectivity index (χ3n) is 3.25. The van der Waals surface area contributed by atoms with Crippen molar-refractivity contribution in [1.82, 2.24) is 14.4 Å². The zero-order valence-corrected chi connectivity index (χ0v) is 9.50. The molecule has 1 aromatic carbocycles. The molecule has 4 nitrogen and oxygen atoms in total. The standard InChI is InChI=1S/C14H9N3O/c18-13-7-3-6-11-9(13)8-15-14-16-10-4-1-2-5-12(10)17(11)14/h1-6,8H,7H2.